The van der Waals surface area contributed by atoms with E-state index in [0.29, 0.717) is 6.04 Å². The molecule has 1 amide bonds. The number of amides is 1. The molecule has 0 bridgehead atoms. The van der Waals surface area contributed by atoms with Crippen molar-refractivity contribution in [3.05, 3.63) is 54.4 Å². The minimum absolute atomic E-state index is 0.00396. The van der Waals surface area contributed by atoms with Gasteiger partial charge in [-0.25, -0.2) is 4.98 Å². The summed E-state index contributed by atoms with van der Waals surface area (Å²) in [6, 6.07) is 14.4. The van der Waals surface area contributed by atoms with Crippen LogP contribution in [0.3, 0.4) is 0 Å². The van der Waals surface area contributed by atoms with E-state index in [2.05, 4.69) is 25.5 Å². The van der Waals surface area contributed by atoms with Gasteiger partial charge in [0, 0.05) is 31.4 Å². The van der Waals surface area contributed by atoms with Crippen LogP contribution in [0.5, 0.6) is 0 Å². The van der Waals surface area contributed by atoms with Crippen molar-refractivity contribution in [1.29, 1.82) is 0 Å². The summed E-state index contributed by atoms with van der Waals surface area (Å²) in [6.07, 6.45) is 6.08. The van der Waals surface area contributed by atoms with Crippen LogP contribution in [0.25, 0.3) is 10.2 Å². The summed E-state index contributed by atoms with van der Waals surface area (Å²) >= 11 is 1.56. The first-order chi connectivity index (χ1) is 15.6. The Hall–Kier alpha value is -2.55. The van der Waals surface area contributed by atoms with Gasteiger partial charge in [0.2, 0.25) is 5.91 Å². The lowest BCUT2D eigenvalue weighted by Crippen LogP contribution is -2.44. The highest BCUT2D eigenvalue weighted by Gasteiger charge is 2.39. The van der Waals surface area contributed by atoms with Gasteiger partial charge in [0.1, 0.15) is 5.60 Å². The third-order valence-corrected chi connectivity index (χ3v) is 7.71. The number of pyridine rings is 1. The minimum Gasteiger partial charge on any atom is -0.384 e. The largest absolute Gasteiger partial charge is 0.384 e. The standard InChI is InChI=1S/C24H29N5O2S/c30-22(15-26-23-28-19-5-1-2-6-20(19)32-23)27-17-10-14-29(16-17)18-8-11-24(31,12-9-18)21-7-3-4-13-25-21/h1-7,13,17-18,31H,8-12,14-16H2,(H,26,28)(H,27,30). The molecule has 3 aromatic rings. The van der Waals surface area contributed by atoms with E-state index >= 15 is 0 Å². The lowest BCUT2D eigenvalue weighted by Gasteiger charge is -2.39. The average Bonchev–Trinajstić information content (AvgIpc) is 3.45. The molecular weight excluding hydrogens is 422 g/mol. The van der Waals surface area contributed by atoms with Crippen LogP contribution in [-0.4, -0.2) is 57.6 Å². The minimum atomic E-state index is -0.808. The molecule has 3 N–H and O–H groups in total. The summed E-state index contributed by atoms with van der Waals surface area (Å²) in [6.45, 7) is 2.10. The molecule has 1 aromatic carbocycles. The van der Waals surface area contributed by atoms with Crippen LogP contribution in [0.1, 0.15) is 37.8 Å². The van der Waals surface area contributed by atoms with Crippen LogP contribution in [0.4, 0.5) is 5.13 Å². The Bertz CT molecular complexity index is 1030. The molecular formula is C24H29N5O2S. The molecule has 5 rings (SSSR count). The number of hydrogen-bond acceptors (Lipinski definition) is 7. The Morgan fingerprint density at radius 1 is 1.16 bits per heavy atom. The third-order valence-electron chi connectivity index (χ3n) is 6.72. The molecule has 1 aliphatic carbocycles. The molecule has 3 heterocycles. The zero-order valence-corrected chi connectivity index (χ0v) is 18.9. The summed E-state index contributed by atoms with van der Waals surface area (Å²) in [5.41, 5.74) is 0.928. The Balaban J connectivity index is 1.07. The lowest BCUT2D eigenvalue weighted by molar-refractivity contribution is -0.120. The number of para-hydroxylation sites is 1. The second-order valence-electron chi connectivity index (χ2n) is 8.87. The van der Waals surface area contributed by atoms with Crippen molar-refractivity contribution in [2.75, 3.05) is 25.0 Å². The van der Waals surface area contributed by atoms with E-state index < -0.39 is 5.60 Å². The van der Waals surface area contributed by atoms with Gasteiger partial charge in [0.25, 0.3) is 0 Å². The first-order valence-electron chi connectivity index (χ1n) is 11.4. The van der Waals surface area contributed by atoms with Gasteiger partial charge in [-0.2, -0.15) is 0 Å². The molecule has 2 aromatic heterocycles. The number of carbonyl (C=O) groups is 1. The fourth-order valence-electron chi connectivity index (χ4n) is 4.96. The molecule has 2 aliphatic rings. The van der Waals surface area contributed by atoms with E-state index in [1.54, 1.807) is 17.5 Å². The number of nitrogens with one attached hydrogen (secondary N) is 2. The zero-order valence-electron chi connectivity index (χ0n) is 18.0. The van der Waals surface area contributed by atoms with E-state index in [0.717, 1.165) is 66.2 Å². The molecule has 2 fully saturated rings. The fraction of sp³-hybridized carbons (Fsp3) is 0.458. The van der Waals surface area contributed by atoms with Crippen molar-refractivity contribution >= 4 is 32.6 Å². The predicted molar refractivity (Wildman–Crippen MR) is 127 cm³/mol. The topological polar surface area (TPSA) is 90.4 Å². The smallest absolute Gasteiger partial charge is 0.239 e. The number of anilines is 1. The molecule has 1 saturated carbocycles. The van der Waals surface area contributed by atoms with Gasteiger partial charge in [-0.05, 0) is 56.4 Å². The number of aliphatic hydroxyl groups is 1. The Morgan fingerprint density at radius 3 is 2.75 bits per heavy atom. The van der Waals surface area contributed by atoms with E-state index in [1.807, 2.05) is 42.5 Å². The van der Waals surface area contributed by atoms with Crippen molar-refractivity contribution < 1.29 is 9.90 Å². The van der Waals surface area contributed by atoms with Crippen LogP contribution >= 0.6 is 11.3 Å². The van der Waals surface area contributed by atoms with Gasteiger partial charge in [-0.1, -0.05) is 29.5 Å². The number of carbonyl (C=O) groups excluding carboxylic acids is 1. The van der Waals surface area contributed by atoms with E-state index in [4.69, 9.17) is 0 Å². The average molecular weight is 452 g/mol. The number of fused-ring (bicyclic) bond motifs is 1. The SMILES string of the molecule is O=C(CNc1nc2ccccc2s1)NC1CCN(C2CCC(O)(c3ccccn3)CC2)C1. The second-order valence-corrected chi connectivity index (χ2v) is 9.90. The molecule has 32 heavy (non-hydrogen) atoms. The summed E-state index contributed by atoms with van der Waals surface area (Å²) in [5.74, 6) is 0.00396. The normalized spacial score (nSPS) is 26.3. The monoisotopic (exact) mass is 451 g/mol. The highest BCUT2D eigenvalue weighted by molar-refractivity contribution is 7.22. The van der Waals surface area contributed by atoms with Gasteiger partial charge in [0.05, 0.1) is 22.5 Å². The first-order valence-corrected chi connectivity index (χ1v) is 12.2. The number of nitrogens with zero attached hydrogens (tertiary/aromatic N) is 3. The van der Waals surface area contributed by atoms with Crippen LogP contribution < -0.4 is 10.6 Å². The molecule has 7 nitrogen and oxygen atoms in total. The van der Waals surface area contributed by atoms with Gasteiger partial charge in [-0.3, -0.25) is 14.7 Å². The van der Waals surface area contributed by atoms with Crippen LogP contribution in [0.2, 0.25) is 0 Å². The van der Waals surface area contributed by atoms with E-state index in [9.17, 15) is 9.90 Å². The number of aromatic nitrogens is 2. The number of rotatable bonds is 6. The maximum absolute atomic E-state index is 12.5. The van der Waals surface area contributed by atoms with Crippen molar-refractivity contribution in [3.63, 3.8) is 0 Å². The summed E-state index contributed by atoms with van der Waals surface area (Å²) in [4.78, 5) is 23.8. The van der Waals surface area contributed by atoms with Gasteiger partial charge in [-0.15, -0.1) is 0 Å². The molecule has 0 spiro atoms. The maximum atomic E-state index is 12.5. The Morgan fingerprint density at radius 2 is 1.97 bits per heavy atom. The molecule has 0 radical (unpaired) electrons. The van der Waals surface area contributed by atoms with E-state index in [1.165, 1.54) is 0 Å². The van der Waals surface area contributed by atoms with Crippen LogP contribution in [0, 0.1) is 0 Å². The number of thiazole rings is 1. The quantitative estimate of drug-likeness (QED) is 0.534. The molecule has 168 valence electrons. The number of benzene rings is 1. The summed E-state index contributed by atoms with van der Waals surface area (Å²) in [5, 5.41) is 18.1. The predicted octanol–water partition coefficient (Wildman–Crippen LogP) is 3.12. The van der Waals surface area contributed by atoms with Crippen molar-refractivity contribution in [2.45, 2.75) is 49.8 Å². The zero-order chi connectivity index (χ0) is 22.0. The highest BCUT2D eigenvalue weighted by Crippen LogP contribution is 2.38. The van der Waals surface area contributed by atoms with Crippen molar-refractivity contribution in [2.24, 2.45) is 0 Å². The number of hydrogen-bond donors (Lipinski definition) is 3. The van der Waals surface area contributed by atoms with Crippen molar-refractivity contribution in [3.8, 4) is 0 Å². The molecule has 8 heteroatoms. The van der Waals surface area contributed by atoms with Gasteiger partial charge < -0.3 is 15.7 Å². The van der Waals surface area contributed by atoms with E-state index in [-0.39, 0.29) is 18.5 Å². The summed E-state index contributed by atoms with van der Waals surface area (Å²) < 4.78 is 1.12. The van der Waals surface area contributed by atoms with Gasteiger partial charge >= 0.3 is 0 Å². The highest BCUT2D eigenvalue weighted by atomic mass is 32.1. The third kappa shape index (κ3) is 4.62. The van der Waals surface area contributed by atoms with Crippen LogP contribution in [0.15, 0.2) is 48.7 Å². The Kier molecular flexibility index (Phi) is 6.08. The first kappa shape index (κ1) is 21.3. The molecule has 1 saturated heterocycles. The fourth-order valence-corrected chi connectivity index (χ4v) is 5.82. The molecule has 1 unspecified atom stereocenters. The second kappa shape index (κ2) is 9.13. The Labute approximate surface area is 191 Å². The maximum Gasteiger partial charge on any atom is 0.239 e. The molecule has 1 atom stereocenters. The number of likely N-dealkylation sites (tertiary alicyclic amines) is 1. The van der Waals surface area contributed by atoms with Crippen molar-refractivity contribution in [1.82, 2.24) is 20.2 Å². The van der Waals surface area contributed by atoms with Crippen LogP contribution in [-0.2, 0) is 10.4 Å². The lowest BCUT2D eigenvalue weighted by atomic mass is 9.79. The van der Waals surface area contributed by atoms with Gasteiger partial charge in [0.15, 0.2) is 5.13 Å². The summed E-state index contributed by atoms with van der Waals surface area (Å²) in [7, 11) is 0. The molecule has 1 aliphatic heterocycles.